The van der Waals surface area contributed by atoms with Crippen LogP contribution < -0.4 is 0 Å². The zero-order chi connectivity index (χ0) is 16.4. The van der Waals surface area contributed by atoms with Crippen LogP contribution in [-0.4, -0.2) is 42.4 Å². The predicted octanol–water partition coefficient (Wildman–Crippen LogP) is 3.72. The molecular weight excluding hydrogens is 359 g/mol. The second-order valence-electron chi connectivity index (χ2n) is 5.78. The van der Waals surface area contributed by atoms with E-state index >= 15 is 0 Å². The average molecular weight is 377 g/mol. The third-order valence-electron chi connectivity index (χ3n) is 4.29. The molecule has 1 amide bonds. The van der Waals surface area contributed by atoms with Crippen molar-refractivity contribution in [3.8, 4) is 0 Å². The molecule has 1 fully saturated rings. The summed E-state index contributed by atoms with van der Waals surface area (Å²) in [6, 6.07) is 14.0. The summed E-state index contributed by atoms with van der Waals surface area (Å²) < 4.78 is 15.0. The fourth-order valence-corrected chi connectivity index (χ4v) is 3.18. The van der Waals surface area contributed by atoms with E-state index in [0.29, 0.717) is 24.2 Å². The highest BCUT2D eigenvalue weighted by atomic mass is 79.9. The van der Waals surface area contributed by atoms with Crippen LogP contribution in [0.2, 0.25) is 0 Å². The standard InChI is InChI=1S/C18H18BrFN2O/c1-21-10-11-22(18(23)13-6-8-14(19)9-7-13)12-17(21)15-4-2-3-5-16(15)20/h2-9,17H,10-12H2,1H3. The molecule has 0 saturated carbocycles. The molecule has 1 atom stereocenters. The van der Waals surface area contributed by atoms with Crippen molar-refractivity contribution in [3.05, 3.63) is 69.9 Å². The maximum Gasteiger partial charge on any atom is 0.253 e. The van der Waals surface area contributed by atoms with Crippen LogP contribution in [0, 0.1) is 5.82 Å². The van der Waals surface area contributed by atoms with E-state index in [4.69, 9.17) is 0 Å². The van der Waals surface area contributed by atoms with Gasteiger partial charge in [0.2, 0.25) is 0 Å². The summed E-state index contributed by atoms with van der Waals surface area (Å²) in [6.45, 7) is 1.87. The van der Waals surface area contributed by atoms with E-state index in [1.807, 2.05) is 37.4 Å². The molecule has 23 heavy (non-hydrogen) atoms. The van der Waals surface area contributed by atoms with Crippen LogP contribution in [0.25, 0.3) is 0 Å². The normalized spacial score (nSPS) is 18.9. The number of benzene rings is 2. The number of rotatable bonds is 2. The Hall–Kier alpha value is -1.72. The highest BCUT2D eigenvalue weighted by molar-refractivity contribution is 9.10. The summed E-state index contributed by atoms with van der Waals surface area (Å²) >= 11 is 3.37. The van der Waals surface area contributed by atoms with E-state index in [-0.39, 0.29) is 17.8 Å². The van der Waals surface area contributed by atoms with Crippen molar-refractivity contribution >= 4 is 21.8 Å². The van der Waals surface area contributed by atoms with Gasteiger partial charge in [0.1, 0.15) is 5.82 Å². The Morgan fingerprint density at radius 2 is 1.83 bits per heavy atom. The Morgan fingerprint density at radius 1 is 1.13 bits per heavy atom. The van der Waals surface area contributed by atoms with Crippen molar-refractivity contribution in [3.63, 3.8) is 0 Å². The fraction of sp³-hybridized carbons (Fsp3) is 0.278. The van der Waals surface area contributed by atoms with Gasteiger partial charge < -0.3 is 4.90 Å². The smallest absolute Gasteiger partial charge is 0.253 e. The van der Waals surface area contributed by atoms with Gasteiger partial charge in [-0.1, -0.05) is 34.1 Å². The topological polar surface area (TPSA) is 23.6 Å². The van der Waals surface area contributed by atoms with Crippen LogP contribution in [-0.2, 0) is 0 Å². The summed E-state index contributed by atoms with van der Waals surface area (Å²) in [4.78, 5) is 16.6. The van der Waals surface area contributed by atoms with Gasteiger partial charge >= 0.3 is 0 Å². The maximum atomic E-state index is 14.1. The molecule has 3 nitrogen and oxygen atoms in total. The summed E-state index contributed by atoms with van der Waals surface area (Å²) in [5, 5.41) is 0. The van der Waals surface area contributed by atoms with Crippen molar-refractivity contribution in [1.82, 2.24) is 9.80 Å². The third-order valence-corrected chi connectivity index (χ3v) is 4.82. The molecule has 1 aliphatic heterocycles. The van der Waals surface area contributed by atoms with Gasteiger partial charge in [-0.15, -0.1) is 0 Å². The molecule has 120 valence electrons. The Bertz CT molecular complexity index is 704. The van der Waals surface area contributed by atoms with Crippen LogP contribution in [0.4, 0.5) is 4.39 Å². The van der Waals surface area contributed by atoms with E-state index in [9.17, 15) is 9.18 Å². The van der Waals surface area contributed by atoms with Gasteiger partial charge in [-0.3, -0.25) is 9.69 Å². The number of amides is 1. The number of likely N-dealkylation sites (N-methyl/N-ethyl adjacent to an activating group) is 1. The van der Waals surface area contributed by atoms with Crippen molar-refractivity contribution in [2.75, 3.05) is 26.7 Å². The highest BCUT2D eigenvalue weighted by Gasteiger charge is 2.30. The molecule has 0 aromatic heterocycles. The molecule has 1 aliphatic rings. The summed E-state index contributed by atoms with van der Waals surface area (Å²) in [7, 11) is 1.97. The first-order valence-corrected chi connectivity index (χ1v) is 8.35. The van der Waals surface area contributed by atoms with Crippen LogP contribution in [0.3, 0.4) is 0 Å². The number of piperazine rings is 1. The largest absolute Gasteiger partial charge is 0.335 e. The second kappa shape index (κ2) is 6.81. The minimum atomic E-state index is -0.220. The van der Waals surface area contributed by atoms with Gasteiger partial charge in [-0.25, -0.2) is 4.39 Å². The van der Waals surface area contributed by atoms with E-state index in [2.05, 4.69) is 20.8 Å². The highest BCUT2D eigenvalue weighted by Crippen LogP contribution is 2.27. The predicted molar refractivity (Wildman–Crippen MR) is 91.8 cm³/mol. The third kappa shape index (κ3) is 3.46. The Labute approximate surface area is 143 Å². The molecule has 0 aliphatic carbocycles. The Balaban J connectivity index is 1.81. The minimum absolute atomic E-state index is 0.00746. The summed E-state index contributed by atoms with van der Waals surface area (Å²) in [5.41, 5.74) is 1.30. The van der Waals surface area contributed by atoms with Gasteiger partial charge in [0.15, 0.2) is 0 Å². The molecular formula is C18H18BrFN2O. The molecule has 0 radical (unpaired) electrons. The number of halogens is 2. The first-order chi connectivity index (χ1) is 11.1. The van der Waals surface area contributed by atoms with Gasteiger partial charge in [0, 0.05) is 35.2 Å². The molecule has 0 N–H and O–H groups in total. The SMILES string of the molecule is CN1CCN(C(=O)c2ccc(Br)cc2)CC1c1ccccc1F. The van der Waals surface area contributed by atoms with Crippen LogP contribution in [0.1, 0.15) is 22.0 Å². The van der Waals surface area contributed by atoms with Crippen molar-refractivity contribution in [2.45, 2.75) is 6.04 Å². The number of hydrogen-bond acceptors (Lipinski definition) is 2. The molecule has 1 saturated heterocycles. The van der Waals surface area contributed by atoms with Gasteiger partial charge in [0.05, 0.1) is 6.04 Å². The van der Waals surface area contributed by atoms with E-state index in [0.717, 1.165) is 11.0 Å². The van der Waals surface area contributed by atoms with Crippen molar-refractivity contribution < 1.29 is 9.18 Å². The molecule has 5 heteroatoms. The van der Waals surface area contributed by atoms with E-state index < -0.39 is 0 Å². The minimum Gasteiger partial charge on any atom is -0.335 e. The first-order valence-electron chi connectivity index (χ1n) is 7.56. The molecule has 2 aromatic carbocycles. The lowest BCUT2D eigenvalue weighted by Gasteiger charge is -2.39. The van der Waals surface area contributed by atoms with Crippen molar-refractivity contribution in [2.24, 2.45) is 0 Å². The number of nitrogens with zero attached hydrogens (tertiary/aromatic N) is 2. The fourth-order valence-electron chi connectivity index (χ4n) is 2.91. The second-order valence-corrected chi connectivity index (χ2v) is 6.69. The number of carbonyl (C=O) groups excluding carboxylic acids is 1. The Morgan fingerprint density at radius 3 is 2.52 bits per heavy atom. The number of hydrogen-bond donors (Lipinski definition) is 0. The monoisotopic (exact) mass is 376 g/mol. The molecule has 0 bridgehead atoms. The summed E-state index contributed by atoms with van der Waals surface area (Å²) in [5.74, 6) is -0.228. The zero-order valence-electron chi connectivity index (χ0n) is 12.9. The summed E-state index contributed by atoms with van der Waals surface area (Å²) in [6.07, 6.45) is 0. The lowest BCUT2D eigenvalue weighted by molar-refractivity contribution is 0.0540. The average Bonchev–Trinajstić information content (AvgIpc) is 2.56. The quantitative estimate of drug-likeness (QED) is 0.797. The van der Waals surface area contributed by atoms with Crippen molar-refractivity contribution in [1.29, 1.82) is 0 Å². The first kappa shape index (κ1) is 16.1. The van der Waals surface area contributed by atoms with E-state index in [1.165, 1.54) is 6.07 Å². The van der Waals surface area contributed by atoms with Gasteiger partial charge in [-0.05, 0) is 37.4 Å². The number of carbonyl (C=O) groups is 1. The lowest BCUT2D eigenvalue weighted by Crippen LogP contribution is -2.49. The van der Waals surface area contributed by atoms with Crippen LogP contribution in [0.5, 0.6) is 0 Å². The van der Waals surface area contributed by atoms with Gasteiger partial charge in [0.25, 0.3) is 5.91 Å². The lowest BCUT2D eigenvalue weighted by atomic mass is 10.0. The molecule has 1 heterocycles. The van der Waals surface area contributed by atoms with E-state index in [1.54, 1.807) is 17.0 Å². The Kier molecular flexibility index (Phi) is 4.78. The molecule has 3 rings (SSSR count). The molecule has 2 aromatic rings. The van der Waals surface area contributed by atoms with Gasteiger partial charge in [-0.2, -0.15) is 0 Å². The zero-order valence-corrected chi connectivity index (χ0v) is 14.5. The molecule has 0 spiro atoms. The van der Waals surface area contributed by atoms with Crippen LogP contribution in [0.15, 0.2) is 53.0 Å². The molecule has 1 unspecified atom stereocenters. The van der Waals surface area contributed by atoms with Crippen LogP contribution >= 0.6 is 15.9 Å². The maximum absolute atomic E-state index is 14.1.